The zero-order valence-corrected chi connectivity index (χ0v) is 13.2. The Bertz CT molecular complexity index is 507. The van der Waals surface area contributed by atoms with Gasteiger partial charge in [-0.1, -0.05) is 6.08 Å². The molecule has 1 heterocycles. The lowest BCUT2D eigenvalue weighted by atomic mass is 10.1. The Hall–Kier alpha value is -2.01. The molecule has 0 radical (unpaired) electrons. The summed E-state index contributed by atoms with van der Waals surface area (Å²) in [4.78, 5) is 14.5. The summed E-state index contributed by atoms with van der Waals surface area (Å²) in [6.45, 7) is 5.51. The van der Waals surface area contributed by atoms with Gasteiger partial charge in [-0.3, -0.25) is 4.79 Å². The molecule has 1 atom stereocenters. The first-order chi connectivity index (χ1) is 10.7. The first kappa shape index (κ1) is 16.4. The normalized spacial score (nSPS) is 17.9. The summed E-state index contributed by atoms with van der Waals surface area (Å²) in [5.74, 6) is 1.20. The van der Waals surface area contributed by atoms with Gasteiger partial charge in [-0.05, 0) is 25.0 Å². The van der Waals surface area contributed by atoms with Gasteiger partial charge in [0.15, 0.2) is 0 Å². The SMILES string of the molecule is C=CCO[C@H]1CCCN(C(=O)c2cc(OC)cc(OC)c2)C1. The highest BCUT2D eigenvalue weighted by atomic mass is 16.5. The van der Waals surface area contributed by atoms with E-state index in [1.165, 1.54) is 0 Å². The van der Waals surface area contributed by atoms with E-state index in [4.69, 9.17) is 14.2 Å². The number of hydrogen-bond donors (Lipinski definition) is 0. The Balaban J connectivity index is 2.11. The van der Waals surface area contributed by atoms with Crippen LogP contribution in [0, 0.1) is 0 Å². The molecule has 1 aliphatic heterocycles. The number of ether oxygens (including phenoxy) is 3. The molecule has 5 heteroatoms. The molecule has 2 rings (SSSR count). The molecule has 0 bridgehead atoms. The Kier molecular flexibility index (Phi) is 5.83. The second-order valence-electron chi connectivity index (χ2n) is 5.24. The maximum absolute atomic E-state index is 12.7. The van der Waals surface area contributed by atoms with E-state index in [9.17, 15) is 4.79 Å². The molecule has 1 aromatic rings. The number of methoxy groups -OCH3 is 2. The van der Waals surface area contributed by atoms with Crippen molar-refractivity contribution < 1.29 is 19.0 Å². The molecule has 22 heavy (non-hydrogen) atoms. The van der Waals surface area contributed by atoms with Gasteiger partial charge in [-0.15, -0.1) is 6.58 Å². The van der Waals surface area contributed by atoms with E-state index in [-0.39, 0.29) is 12.0 Å². The average molecular weight is 305 g/mol. The van der Waals surface area contributed by atoms with Crippen LogP contribution in [0.25, 0.3) is 0 Å². The fraction of sp³-hybridized carbons (Fsp3) is 0.471. The third-order valence-corrected chi connectivity index (χ3v) is 3.71. The van der Waals surface area contributed by atoms with E-state index in [0.29, 0.717) is 30.2 Å². The third-order valence-electron chi connectivity index (χ3n) is 3.71. The molecule has 1 aliphatic rings. The van der Waals surface area contributed by atoms with Crippen molar-refractivity contribution in [3.05, 3.63) is 36.4 Å². The summed E-state index contributed by atoms with van der Waals surface area (Å²) in [5.41, 5.74) is 0.570. The maximum Gasteiger partial charge on any atom is 0.254 e. The topological polar surface area (TPSA) is 48.0 Å². The molecule has 0 aliphatic carbocycles. The summed E-state index contributed by atoms with van der Waals surface area (Å²) in [6, 6.07) is 5.22. The minimum Gasteiger partial charge on any atom is -0.497 e. The predicted octanol–water partition coefficient (Wildman–Crippen LogP) is 2.51. The van der Waals surface area contributed by atoms with Crippen LogP contribution in [0.1, 0.15) is 23.2 Å². The minimum absolute atomic E-state index is 0.0240. The molecule has 5 nitrogen and oxygen atoms in total. The summed E-state index contributed by atoms with van der Waals surface area (Å²) >= 11 is 0. The molecular formula is C17H23NO4. The maximum atomic E-state index is 12.7. The average Bonchev–Trinajstić information content (AvgIpc) is 2.58. The van der Waals surface area contributed by atoms with Crippen LogP contribution in [0.5, 0.6) is 11.5 Å². The van der Waals surface area contributed by atoms with E-state index in [2.05, 4.69) is 6.58 Å². The Morgan fingerprint density at radius 3 is 2.59 bits per heavy atom. The summed E-state index contributed by atoms with van der Waals surface area (Å²) in [5, 5.41) is 0. The fourth-order valence-corrected chi connectivity index (χ4v) is 2.58. The van der Waals surface area contributed by atoms with Crippen molar-refractivity contribution in [3.8, 4) is 11.5 Å². The first-order valence-corrected chi connectivity index (χ1v) is 7.42. The summed E-state index contributed by atoms with van der Waals surface area (Å²) in [6.07, 6.45) is 3.71. The van der Waals surface area contributed by atoms with Gasteiger partial charge in [0, 0.05) is 24.7 Å². The largest absolute Gasteiger partial charge is 0.497 e. The standard InChI is InChI=1S/C17H23NO4/c1-4-8-22-14-6-5-7-18(12-14)17(19)13-9-15(20-2)11-16(10-13)21-3/h4,9-11,14H,1,5-8,12H2,2-3H3/t14-/m0/s1. The van der Waals surface area contributed by atoms with E-state index in [1.807, 2.05) is 4.90 Å². The van der Waals surface area contributed by atoms with Crippen molar-refractivity contribution in [2.24, 2.45) is 0 Å². The number of benzene rings is 1. The van der Waals surface area contributed by atoms with Gasteiger partial charge in [-0.25, -0.2) is 0 Å². The number of amides is 1. The highest BCUT2D eigenvalue weighted by molar-refractivity contribution is 5.95. The van der Waals surface area contributed by atoms with Gasteiger partial charge in [0.1, 0.15) is 11.5 Å². The molecule has 0 spiro atoms. The Morgan fingerprint density at radius 2 is 2.00 bits per heavy atom. The minimum atomic E-state index is -0.0240. The number of hydrogen-bond acceptors (Lipinski definition) is 4. The fourth-order valence-electron chi connectivity index (χ4n) is 2.58. The van der Waals surface area contributed by atoms with Crippen LogP contribution in [0.4, 0.5) is 0 Å². The highest BCUT2D eigenvalue weighted by Gasteiger charge is 2.25. The monoisotopic (exact) mass is 305 g/mol. The quantitative estimate of drug-likeness (QED) is 0.758. The van der Waals surface area contributed by atoms with Crippen molar-refractivity contribution >= 4 is 5.91 Å². The smallest absolute Gasteiger partial charge is 0.254 e. The van der Waals surface area contributed by atoms with Crippen LogP contribution >= 0.6 is 0 Å². The zero-order valence-electron chi connectivity index (χ0n) is 13.2. The molecule has 1 aromatic carbocycles. The molecule has 0 N–H and O–H groups in total. The number of carbonyl (C=O) groups is 1. The van der Waals surface area contributed by atoms with Gasteiger partial charge in [0.05, 0.1) is 26.9 Å². The van der Waals surface area contributed by atoms with Gasteiger partial charge < -0.3 is 19.1 Å². The third kappa shape index (κ3) is 4.01. The van der Waals surface area contributed by atoms with Crippen molar-refractivity contribution in [1.29, 1.82) is 0 Å². The van der Waals surface area contributed by atoms with Crippen LogP contribution in [0.2, 0.25) is 0 Å². The van der Waals surface area contributed by atoms with Crippen molar-refractivity contribution in [3.63, 3.8) is 0 Å². The summed E-state index contributed by atoms with van der Waals surface area (Å²) in [7, 11) is 3.14. The van der Waals surface area contributed by atoms with Gasteiger partial charge in [0.2, 0.25) is 0 Å². The number of piperidine rings is 1. The molecule has 1 fully saturated rings. The number of rotatable bonds is 6. The first-order valence-electron chi connectivity index (χ1n) is 7.42. The van der Waals surface area contributed by atoms with Crippen LogP contribution in [-0.2, 0) is 4.74 Å². The van der Waals surface area contributed by atoms with Crippen LogP contribution in [0.15, 0.2) is 30.9 Å². The van der Waals surface area contributed by atoms with Crippen LogP contribution in [-0.4, -0.2) is 50.8 Å². The molecular weight excluding hydrogens is 282 g/mol. The molecule has 1 amide bonds. The second kappa shape index (κ2) is 7.84. The van der Waals surface area contributed by atoms with Crippen molar-refractivity contribution in [2.75, 3.05) is 33.9 Å². The lowest BCUT2D eigenvalue weighted by Gasteiger charge is -2.32. The lowest BCUT2D eigenvalue weighted by molar-refractivity contribution is 0.0134. The highest BCUT2D eigenvalue weighted by Crippen LogP contribution is 2.24. The predicted molar refractivity (Wildman–Crippen MR) is 84.6 cm³/mol. The van der Waals surface area contributed by atoms with Gasteiger partial charge >= 0.3 is 0 Å². The zero-order chi connectivity index (χ0) is 15.9. The molecule has 0 unspecified atom stereocenters. The Labute approximate surface area is 131 Å². The van der Waals surface area contributed by atoms with E-state index in [0.717, 1.165) is 19.4 Å². The van der Waals surface area contributed by atoms with Crippen molar-refractivity contribution in [2.45, 2.75) is 18.9 Å². The molecule has 120 valence electrons. The molecule has 1 saturated heterocycles. The van der Waals surface area contributed by atoms with Crippen LogP contribution in [0.3, 0.4) is 0 Å². The second-order valence-corrected chi connectivity index (χ2v) is 5.24. The lowest BCUT2D eigenvalue weighted by Crippen LogP contribution is -2.43. The van der Waals surface area contributed by atoms with Crippen LogP contribution < -0.4 is 9.47 Å². The number of nitrogens with zero attached hydrogens (tertiary/aromatic N) is 1. The molecule has 0 aromatic heterocycles. The molecule has 0 saturated carbocycles. The van der Waals surface area contributed by atoms with E-state index < -0.39 is 0 Å². The van der Waals surface area contributed by atoms with Crippen molar-refractivity contribution in [1.82, 2.24) is 4.90 Å². The number of likely N-dealkylation sites (tertiary alicyclic amines) is 1. The van der Waals surface area contributed by atoms with Gasteiger partial charge in [0.25, 0.3) is 5.91 Å². The van der Waals surface area contributed by atoms with Gasteiger partial charge in [-0.2, -0.15) is 0 Å². The summed E-state index contributed by atoms with van der Waals surface area (Å²) < 4.78 is 16.1. The number of carbonyl (C=O) groups excluding carboxylic acids is 1. The van der Waals surface area contributed by atoms with E-state index in [1.54, 1.807) is 38.5 Å². The van der Waals surface area contributed by atoms with E-state index >= 15 is 0 Å². The Morgan fingerprint density at radius 1 is 1.32 bits per heavy atom.